The summed E-state index contributed by atoms with van der Waals surface area (Å²) in [4.78, 5) is 0. The monoisotopic (exact) mass is 317 g/mol. The number of hydrogen-bond donors (Lipinski definition) is 2. The van der Waals surface area contributed by atoms with E-state index in [0.29, 0.717) is 12.8 Å². The Bertz CT molecular complexity index is 446. The van der Waals surface area contributed by atoms with Crippen molar-refractivity contribution in [2.45, 2.75) is 44.3 Å². The van der Waals surface area contributed by atoms with Crippen molar-refractivity contribution in [3.63, 3.8) is 0 Å². The summed E-state index contributed by atoms with van der Waals surface area (Å²) in [7, 11) is -3.74. The summed E-state index contributed by atoms with van der Waals surface area (Å²) in [5.41, 5.74) is 5.27. The number of oxime groups is 1. The Kier molecular flexibility index (Phi) is 5.63. The van der Waals surface area contributed by atoms with Crippen LogP contribution in [0, 0.1) is 0 Å². The van der Waals surface area contributed by atoms with Gasteiger partial charge in [0.15, 0.2) is 0 Å². The quantitative estimate of drug-likeness (QED) is 0.305. The first-order chi connectivity index (χ1) is 9.15. The first-order valence-electron chi connectivity index (χ1n) is 6.18. The molecule has 0 aromatic rings. The Morgan fingerprint density at radius 3 is 2.45 bits per heavy atom. The van der Waals surface area contributed by atoms with Gasteiger partial charge in [0.1, 0.15) is 5.84 Å². The molecular formula is C10H18F3N3O3S. The first-order valence-corrected chi connectivity index (χ1v) is 7.79. The Balaban J connectivity index is 2.56. The molecule has 0 saturated heterocycles. The van der Waals surface area contributed by atoms with Gasteiger partial charge in [-0.25, -0.2) is 8.42 Å². The molecule has 1 aliphatic carbocycles. The molecule has 1 aliphatic rings. The molecule has 0 aliphatic heterocycles. The van der Waals surface area contributed by atoms with Gasteiger partial charge < -0.3 is 10.9 Å². The molecule has 0 bridgehead atoms. The molecule has 0 aromatic carbocycles. The van der Waals surface area contributed by atoms with Crippen LogP contribution in [0.2, 0.25) is 0 Å². The van der Waals surface area contributed by atoms with Crippen molar-refractivity contribution >= 4 is 15.9 Å². The second kappa shape index (κ2) is 6.61. The van der Waals surface area contributed by atoms with Crippen LogP contribution >= 0.6 is 0 Å². The van der Waals surface area contributed by atoms with Crippen LogP contribution in [-0.2, 0) is 10.0 Å². The third-order valence-electron chi connectivity index (χ3n) is 2.89. The number of nitrogens with zero attached hydrogens (tertiary/aromatic N) is 2. The van der Waals surface area contributed by atoms with Gasteiger partial charge in [-0.05, 0) is 19.3 Å². The number of amidine groups is 1. The van der Waals surface area contributed by atoms with E-state index in [1.807, 2.05) is 0 Å². The van der Waals surface area contributed by atoms with E-state index in [1.165, 1.54) is 4.31 Å². The van der Waals surface area contributed by atoms with Crippen LogP contribution in [0.4, 0.5) is 13.2 Å². The Morgan fingerprint density at radius 2 is 2.00 bits per heavy atom. The fraction of sp³-hybridized carbons (Fsp3) is 0.900. The van der Waals surface area contributed by atoms with Gasteiger partial charge in [0.05, 0.1) is 5.75 Å². The number of sulfonamides is 1. The van der Waals surface area contributed by atoms with Crippen LogP contribution < -0.4 is 5.73 Å². The largest absolute Gasteiger partial charge is 0.409 e. The van der Waals surface area contributed by atoms with E-state index < -0.39 is 34.8 Å². The number of rotatable bonds is 8. The molecule has 1 fully saturated rings. The fourth-order valence-corrected chi connectivity index (χ4v) is 3.54. The van der Waals surface area contributed by atoms with Gasteiger partial charge in [-0.2, -0.15) is 17.5 Å². The highest BCUT2D eigenvalue weighted by Crippen LogP contribution is 2.30. The van der Waals surface area contributed by atoms with Crippen LogP contribution in [0.15, 0.2) is 5.16 Å². The van der Waals surface area contributed by atoms with E-state index in [2.05, 4.69) is 5.16 Å². The van der Waals surface area contributed by atoms with Crippen LogP contribution in [0.5, 0.6) is 0 Å². The van der Waals surface area contributed by atoms with E-state index in [9.17, 15) is 21.6 Å². The summed E-state index contributed by atoms with van der Waals surface area (Å²) in [6, 6.07) is -0.169. The van der Waals surface area contributed by atoms with Gasteiger partial charge in [0.25, 0.3) is 0 Å². The second-order valence-electron chi connectivity index (χ2n) is 4.72. The van der Waals surface area contributed by atoms with Crippen molar-refractivity contribution in [2.24, 2.45) is 10.9 Å². The maximum atomic E-state index is 12.0. The number of halogens is 3. The minimum Gasteiger partial charge on any atom is -0.409 e. The van der Waals surface area contributed by atoms with Gasteiger partial charge >= 0.3 is 6.18 Å². The Morgan fingerprint density at radius 1 is 1.40 bits per heavy atom. The number of hydrogen-bond acceptors (Lipinski definition) is 4. The van der Waals surface area contributed by atoms with E-state index >= 15 is 0 Å². The molecule has 3 N–H and O–H groups in total. The smallest absolute Gasteiger partial charge is 0.389 e. The third-order valence-corrected chi connectivity index (χ3v) is 4.89. The molecule has 10 heteroatoms. The van der Waals surface area contributed by atoms with Gasteiger partial charge in [-0.3, -0.25) is 0 Å². The molecule has 0 amide bonds. The van der Waals surface area contributed by atoms with Gasteiger partial charge in [-0.15, -0.1) is 0 Å². The predicted molar refractivity (Wildman–Crippen MR) is 66.8 cm³/mol. The lowest BCUT2D eigenvalue weighted by molar-refractivity contribution is -0.134. The van der Waals surface area contributed by atoms with Crippen molar-refractivity contribution in [2.75, 3.05) is 12.3 Å². The minimum absolute atomic E-state index is 0.0227. The van der Waals surface area contributed by atoms with Gasteiger partial charge in [0.2, 0.25) is 10.0 Å². The van der Waals surface area contributed by atoms with Crippen molar-refractivity contribution in [3.8, 4) is 0 Å². The number of nitrogens with two attached hydrogens (primary N) is 1. The van der Waals surface area contributed by atoms with Crippen molar-refractivity contribution in [3.05, 3.63) is 0 Å². The number of alkyl halides is 3. The normalized spacial score (nSPS) is 17.7. The molecule has 0 unspecified atom stereocenters. The standard InChI is InChI=1S/C10H18F3N3O3S/c11-10(12,13)5-1-7-20(18,19)16(8-2-3-8)6-4-9(14)15-17/h8,17H,1-7H2,(H2,14,15). The molecule has 20 heavy (non-hydrogen) atoms. The summed E-state index contributed by atoms with van der Waals surface area (Å²) in [5.74, 6) is -0.653. The van der Waals surface area contributed by atoms with Crippen LogP contribution in [-0.4, -0.2) is 48.3 Å². The SMILES string of the molecule is NC(CCN(C1CC1)S(=O)(=O)CCCC(F)(F)F)=NO. The summed E-state index contributed by atoms with van der Waals surface area (Å²) in [6.07, 6.45) is -4.51. The minimum atomic E-state index is -4.35. The first kappa shape index (κ1) is 17.0. The van der Waals surface area contributed by atoms with Gasteiger partial charge in [0, 0.05) is 25.4 Å². The van der Waals surface area contributed by atoms with Crippen molar-refractivity contribution < 1.29 is 26.8 Å². The topological polar surface area (TPSA) is 96.0 Å². The fourth-order valence-electron chi connectivity index (χ4n) is 1.76. The van der Waals surface area contributed by atoms with Crippen LogP contribution in [0.3, 0.4) is 0 Å². The summed E-state index contributed by atoms with van der Waals surface area (Å²) >= 11 is 0. The highest BCUT2D eigenvalue weighted by atomic mass is 32.2. The van der Waals surface area contributed by atoms with Crippen LogP contribution in [0.1, 0.15) is 32.1 Å². The Hall–Kier alpha value is -1.03. The maximum Gasteiger partial charge on any atom is 0.389 e. The molecule has 0 radical (unpaired) electrons. The maximum absolute atomic E-state index is 12.0. The molecule has 1 rings (SSSR count). The van der Waals surface area contributed by atoms with E-state index in [0.717, 1.165) is 0 Å². The zero-order valence-electron chi connectivity index (χ0n) is 10.8. The van der Waals surface area contributed by atoms with E-state index in [4.69, 9.17) is 10.9 Å². The van der Waals surface area contributed by atoms with Crippen molar-refractivity contribution in [1.29, 1.82) is 0 Å². The second-order valence-corrected chi connectivity index (χ2v) is 6.76. The van der Waals surface area contributed by atoms with Gasteiger partial charge in [-0.1, -0.05) is 5.16 Å². The molecule has 118 valence electrons. The molecule has 6 nitrogen and oxygen atoms in total. The van der Waals surface area contributed by atoms with Crippen molar-refractivity contribution in [1.82, 2.24) is 4.31 Å². The average Bonchev–Trinajstić information content (AvgIpc) is 3.10. The predicted octanol–water partition coefficient (Wildman–Crippen LogP) is 1.26. The molecular weight excluding hydrogens is 299 g/mol. The van der Waals surface area contributed by atoms with Crippen LogP contribution in [0.25, 0.3) is 0 Å². The zero-order valence-corrected chi connectivity index (χ0v) is 11.6. The van der Waals surface area contributed by atoms with E-state index in [1.54, 1.807) is 0 Å². The highest BCUT2D eigenvalue weighted by Gasteiger charge is 2.37. The summed E-state index contributed by atoms with van der Waals surface area (Å²) < 4.78 is 61.3. The lowest BCUT2D eigenvalue weighted by Gasteiger charge is -2.21. The summed E-state index contributed by atoms with van der Waals surface area (Å²) in [6.45, 7) is 0.0227. The average molecular weight is 317 g/mol. The summed E-state index contributed by atoms with van der Waals surface area (Å²) in [5, 5.41) is 11.1. The molecule has 0 aromatic heterocycles. The third kappa shape index (κ3) is 5.95. The molecule has 1 saturated carbocycles. The lowest BCUT2D eigenvalue weighted by atomic mass is 10.3. The zero-order chi connectivity index (χ0) is 15.4. The molecule has 0 spiro atoms. The lowest BCUT2D eigenvalue weighted by Crippen LogP contribution is -2.37. The molecule has 0 atom stereocenters. The Labute approximate surface area is 115 Å². The highest BCUT2D eigenvalue weighted by molar-refractivity contribution is 7.89. The molecule has 0 heterocycles. The van der Waals surface area contributed by atoms with E-state index in [-0.39, 0.29) is 24.8 Å².